The molecule has 2 heterocycles. The minimum absolute atomic E-state index is 0.0993. The fraction of sp³-hybridized carbons (Fsp3) is 0.500. The molecule has 2 N–H and O–H groups in total. The maximum Gasteiger partial charge on any atom is 0.264 e. The smallest absolute Gasteiger partial charge is 0.264 e. The first-order valence-corrected chi connectivity index (χ1v) is 15.8. The Balaban J connectivity index is 1.43. The highest BCUT2D eigenvalue weighted by Gasteiger charge is 2.44. The van der Waals surface area contributed by atoms with E-state index in [-0.39, 0.29) is 29.2 Å². The Bertz CT molecular complexity index is 1430. The van der Waals surface area contributed by atoms with Crippen LogP contribution in [0.1, 0.15) is 60.5 Å². The first-order valence-electron chi connectivity index (χ1n) is 13.9. The molecule has 1 spiro atoms. The first kappa shape index (κ1) is 26.7. The number of aliphatic hydroxyl groups excluding tert-OH is 1. The average molecular weight is 571 g/mol. The molecule has 1 saturated carbocycles. The number of hydrogen-bond acceptors (Lipinski definition) is 6. The Hall–Kier alpha value is -2.55. The molecule has 39 heavy (non-hydrogen) atoms. The van der Waals surface area contributed by atoms with E-state index in [1.807, 2.05) is 6.07 Å². The highest BCUT2D eigenvalue weighted by molar-refractivity contribution is 7.90. The molecule has 6 rings (SSSR count). The van der Waals surface area contributed by atoms with Gasteiger partial charge in [-0.1, -0.05) is 29.8 Å². The van der Waals surface area contributed by atoms with Crippen molar-refractivity contribution in [3.8, 4) is 5.75 Å². The second kappa shape index (κ2) is 10.1. The molecule has 2 bridgehead atoms. The van der Waals surface area contributed by atoms with Crippen molar-refractivity contribution in [3.63, 3.8) is 0 Å². The number of aryl methyl sites for hydroxylation is 1. The molecular formula is C30H35ClN2O5S. The minimum atomic E-state index is -3.90. The summed E-state index contributed by atoms with van der Waals surface area (Å²) >= 11 is 6.36. The van der Waals surface area contributed by atoms with Crippen LogP contribution in [0.15, 0.2) is 48.6 Å². The lowest BCUT2D eigenvalue weighted by Crippen LogP contribution is -2.49. The van der Waals surface area contributed by atoms with E-state index in [9.17, 15) is 18.3 Å². The van der Waals surface area contributed by atoms with Crippen molar-refractivity contribution < 1.29 is 23.1 Å². The van der Waals surface area contributed by atoms with Gasteiger partial charge < -0.3 is 14.7 Å². The molecule has 0 aromatic heterocycles. The molecule has 208 valence electrons. The Morgan fingerprint density at radius 1 is 1.18 bits per heavy atom. The summed E-state index contributed by atoms with van der Waals surface area (Å²) in [5, 5.41) is 10.9. The van der Waals surface area contributed by atoms with Crippen molar-refractivity contribution in [1.82, 2.24) is 4.72 Å². The summed E-state index contributed by atoms with van der Waals surface area (Å²) in [5.41, 5.74) is 3.33. The van der Waals surface area contributed by atoms with Crippen molar-refractivity contribution in [1.29, 1.82) is 0 Å². The molecule has 2 aromatic rings. The van der Waals surface area contributed by atoms with Gasteiger partial charge in [0.2, 0.25) is 10.0 Å². The number of halogens is 1. The highest BCUT2D eigenvalue weighted by atomic mass is 35.5. The van der Waals surface area contributed by atoms with Crippen molar-refractivity contribution in [2.75, 3.05) is 24.6 Å². The summed E-state index contributed by atoms with van der Waals surface area (Å²) in [4.78, 5) is 15.4. The van der Waals surface area contributed by atoms with Gasteiger partial charge in [0.15, 0.2) is 0 Å². The number of nitrogens with one attached hydrogen (secondary N) is 1. The molecule has 0 radical (unpaired) electrons. The molecule has 9 heteroatoms. The number of anilines is 1. The molecular weight excluding hydrogens is 536 g/mol. The lowest BCUT2D eigenvalue weighted by atomic mass is 9.68. The van der Waals surface area contributed by atoms with E-state index in [2.05, 4.69) is 21.8 Å². The monoisotopic (exact) mass is 570 g/mol. The molecule has 1 fully saturated rings. The molecule has 3 unspecified atom stereocenters. The third-order valence-electron chi connectivity index (χ3n) is 9.24. The molecule has 4 aliphatic rings. The van der Waals surface area contributed by atoms with Gasteiger partial charge in [-0.15, -0.1) is 0 Å². The van der Waals surface area contributed by atoms with Crippen LogP contribution in [0.3, 0.4) is 0 Å². The number of rotatable bonds is 0. The Kier molecular flexibility index (Phi) is 6.92. The summed E-state index contributed by atoms with van der Waals surface area (Å²) in [6.45, 7) is 3.49. The fourth-order valence-corrected chi connectivity index (χ4v) is 7.91. The first-order chi connectivity index (χ1) is 18.6. The van der Waals surface area contributed by atoms with Crippen LogP contribution in [0.2, 0.25) is 5.02 Å². The average Bonchev–Trinajstić information content (AvgIpc) is 3.02. The SMILES string of the molecule is C[C@@H]1C/C=C/C(O)C2CCC2CN2C[C@@]3(CCCc4cc(Cl)ccc43)COc3ccc(cc32)C(=O)NS1(=O)=O. The molecule has 7 nitrogen and oxygen atoms in total. The zero-order valence-electron chi connectivity index (χ0n) is 22.1. The van der Waals surface area contributed by atoms with Crippen molar-refractivity contribution in [3.05, 3.63) is 70.3 Å². The summed E-state index contributed by atoms with van der Waals surface area (Å²) < 4.78 is 34.5. The van der Waals surface area contributed by atoms with Crippen LogP contribution >= 0.6 is 11.6 Å². The highest BCUT2D eigenvalue weighted by Crippen LogP contribution is 2.46. The van der Waals surface area contributed by atoms with Crippen LogP contribution < -0.4 is 14.4 Å². The third kappa shape index (κ3) is 4.96. The van der Waals surface area contributed by atoms with Crippen LogP contribution in [0.5, 0.6) is 5.75 Å². The normalized spacial score (nSPS) is 32.7. The maximum atomic E-state index is 13.1. The second-order valence-electron chi connectivity index (χ2n) is 11.7. The number of nitrogens with zero attached hydrogens (tertiary/aromatic N) is 1. The fourth-order valence-electron chi connectivity index (χ4n) is 6.78. The topological polar surface area (TPSA) is 95.9 Å². The molecule has 0 saturated heterocycles. The van der Waals surface area contributed by atoms with Gasteiger partial charge in [0.1, 0.15) is 5.75 Å². The lowest BCUT2D eigenvalue weighted by Gasteiger charge is -2.45. The van der Waals surface area contributed by atoms with Crippen molar-refractivity contribution >= 4 is 33.2 Å². The molecule has 5 atom stereocenters. The second-order valence-corrected chi connectivity index (χ2v) is 14.3. The number of benzene rings is 2. The van der Waals surface area contributed by atoms with Gasteiger partial charge in [-0.2, -0.15) is 0 Å². The summed E-state index contributed by atoms with van der Waals surface area (Å²) in [6, 6.07) is 11.3. The number of sulfonamides is 1. The van der Waals surface area contributed by atoms with Gasteiger partial charge in [-0.05, 0) is 98.7 Å². The zero-order chi connectivity index (χ0) is 27.4. The molecule has 2 aromatic carbocycles. The number of carbonyl (C=O) groups is 1. The van der Waals surface area contributed by atoms with E-state index in [4.69, 9.17) is 16.3 Å². The van der Waals surface area contributed by atoms with Gasteiger partial charge in [-0.25, -0.2) is 13.1 Å². The van der Waals surface area contributed by atoms with Crippen LogP contribution in [-0.2, 0) is 21.9 Å². The number of aliphatic hydroxyl groups is 1. The number of fused-ring (bicyclic) bond motifs is 4. The largest absolute Gasteiger partial charge is 0.490 e. The summed E-state index contributed by atoms with van der Waals surface area (Å²) in [6.07, 6.45) is 7.93. The lowest BCUT2D eigenvalue weighted by molar-refractivity contribution is 0.0456. The van der Waals surface area contributed by atoms with Gasteiger partial charge in [0, 0.05) is 29.1 Å². The summed E-state index contributed by atoms with van der Waals surface area (Å²) in [5.74, 6) is 0.398. The number of hydrogen-bond donors (Lipinski definition) is 2. The number of ether oxygens (including phenoxy) is 1. The minimum Gasteiger partial charge on any atom is -0.490 e. The quantitative estimate of drug-likeness (QED) is 0.449. The number of allylic oxidation sites excluding steroid dienone is 1. The number of carbonyl (C=O) groups excluding carboxylic acids is 1. The molecule has 2 aliphatic carbocycles. The molecule has 2 aliphatic heterocycles. The van der Waals surface area contributed by atoms with E-state index in [1.165, 1.54) is 11.1 Å². The van der Waals surface area contributed by atoms with E-state index in [0.717, 1.165) is 49.4 Å². The third-order valence-corrected chi connectivity index (χ3v) is 11.2. The van der Waals surface area contributed by atoms with Crippen LogP contribution in [0.4, 0.5) is 5.69 Å². The Morgan fingerprint density at radius 2 is 2.03 bits per heavy atom. The van der Waals surface area contributed by atoms with Gasteiger partial charge >= 0.3 is 0 Å². The van der Waals surface area contributed by atoms with E-state index < -0.39 is 27.3 Å². The van der Waals surface area contributed by atoms with Crippen molar-refractivity contribution in [2.24, 2.45) is 11.8 Å². The van der Waals surface area contributed by atoms with Gasteiger partial charge in [0.25, 0.3) is 5.91 Å². The zero-order valence-corrected chi connectivity index (χ0v) is 23.7. The van der Waals surface area contributed by atoms with E-state index in [0.29, 0.717) is 18.9 Å². The van der Waals surface area contributed by atoms with E-state index >= 15 is 0 Å². The standard InChI is InChI=1S/C30H35ClN2O5S/c1-19-4-2-6-27(34)24-10-7-22(24)16-33-17-30(13-3-5-20-14-23(31)9-11-25(20)30)18-38-28-12-8-21(15-26(28)33)29(35)32-39(19,36)37/h2,6,8-9,11-12,14-15,19,22,24,27,34H,3-5,7,10,13,16-18H2,1H3,(H,32,35)/b6-2+/t19-,22?,24?,27?,30+/m1/s1. The van der Waals surface area contributed by atoms with Crippen LogP contribution in [-0.4, -0.2) is 50.5 Å². The molecule has 1 amide bonds. The summed E-state index contributed by atoms with van der Waals surface area (Å²) in [7, 11) is -3.90. The number of amides is 1. The van der Waals surface area contributed by atoms with Crippen LogP contribution in [0, 0.1) is 11.8 Å². The van der Waals surface area contributed by atoms with Gasteiger partial charge in [-0.3, -0.25) is 4.79 Å². The van der Waals surface area contributed by atoms with Crippen LogP contribution in [0.25, 0.3) is 0 Å². The predicted molar refractivity (Wildman–Crippen MR) is 152 cm³/mol. The van der Waals surface area contributed by atoms with E-state index in [1.54, 1.807) is 37.3 Å². The Morgan fingerprint density at radius 3 is 2.82 bits per heavy atom. The predicted octanol–water partition coefficient (Wildman–Crippen LogP) is 4.61. The Labute approximate surface area is 235 Å². The maximum absolute atomic E-state index is 13.1. The van der Waals surface area contributed by atoms with Crippen molar-refractivity contribution in [2.45, 2.75) is 62.2 Å². The van der Waals surface area contributed by atoms with Gasteiger partial charge in [0.05, 0.1) is 23.6 Å².